The Balaban J connectivity index is 1.95. The number of carbonyl (C=O) groups is 2. The number of ether oxygens (including phenoxy) is 5. The van der Waals surface area contributed by atoms with Crippen LogP contribution in [-0.4, -0.2) is 25.5 Å². The third-order valence-electron chi connectivity index (χ3n) is 4.89. The molecular formula is C28H22O7. The molecule has 0 aliphatic rings. The predicted octanol–water partition coefficient (Wildman–Crippen LogP) is 7.19. The van der Waals surface area contributed by atoms with Gasteiger partial charge in [0.05, 0.1) is 5.39 Å². The maximum Gasteiger partial charge on any atom is 0.514 e. The Bertz CT molecular complexity index is 1390. The van der Waals surface area contributed by atoms with Crippen molar-refractivity contribution in [2.45, 2.75) is 0 Å². The van der Waals surface area contributed by atoms with E-state index in [2.05, 4.69) is 13.2 Å². The van der Waals surface area contributed by atoms with E-state index >= 15 is 0 Å². The fourth-order valence-electron chi connectivity index (χ4n) is 3.51. The molecule has 4 aromatic rings. The van der Waals surface area contributed by atoms with Crippen LogP contribution in [0, 0.1) is 0 Å². The SMILES string of the molecule is C=CCOC(=O)Oc1c2ccccc2c(OC(=O)OCC=C)c2c(Oc3ccccc3)cccc12. The van der Waals surface area contributed by atoms with Gasteiger partial charge in [0, 0.05) is 16.2 Å². The average Bonchev–Trinajstić information content (AvgIpc) is 2.88. The molecule has 0 fully saturated rings. The monoisotopic (exact) mass is 470 g/mol. The molecule has 0 amide bonds. The van der Waals surface area contributed by atoms with Crippen LogP contribution in [0.25, 0.3) is 21.5 Å². The van der Waals surface area contributed by atoms with Crippen LogP contribution in [0.15, 0.2) is 98.1 Å². The Morgan fingerprint density at radius 3 is 1.83 bits per heavy atom. The molecule has 7 nitrogen and oxygen atoms in total. The fourth-order valence-corrected chi connectivity index (χ4v) is 3.51. The Labute approximate surface area is 201 Å². The Kier molecular flexibility index (Phi) is 7.28. The van der Waals surface area contributed by atoms with Gasteiger partial charge in [0.15, 0.2) is 11.5 Å². The molecule has 0 radical (unpaired) electrons. The molecule has 0 saturated heterocycles. The van der Waals surface area contributed by atoms with Gasteiger partial charge in [-0.1, -0.05) is 79.9 Å². The molecule has 0 unspecified atom stereocenters. The second-order valence-electron chi connectivity index (χ2n) is 7.20. The van der Waals surface area contributed by atoms with Gasteiger partial charge in [-0.2, -0.15) is 0 Å². The zero-order valence-corrected chi connectivity index (χ0v) is 18.8. The predicted molar refractivity (Wildman–Crippen MR) is 132 cm³/mol. The average molecular weight is 470 g/mol. The number of fused-ring (bicyclic) bond motifs is 2. The molecule has 0 atom stereocenters. The number of carbonyl (C=O) groups excluding carboxylic acids is 2. The van der Waals surface area contributed by atoms with Crippen LogP contribution in [-0.2, 0) is 9.47 Å². The minimum atomic E-state index is -0.912. The minimum absolute atomic E-state index is 0.00654. The smallest absolute Gasteiger partial charge is 0.457 e. The molecule has 4 aromatic carbocycles. The van der Waals surface area contributed by atoms with E-state index in [1.54, 1.807) is 54.6 Å². The Morgan fingerprint density at radius 2 is 1.20 bits per heavy atom. The molecule has 35 heavy (non-hydrogen) atoms. The maximum absolute atomic E-state index is 12.5. The van der Waals surface area contributed by atoms with E-state index in [4.69, 9.17) is 23.7 Å². The highest BCUT2D eigenvalue weighted by Crippen LogP contribution is 2.47. The van der Waals surface area contributed by atoms with Gasteiger partial charge in [0.25, 0.3) is 0 Å². The first kappa shape index (κ1) is 23.4. The van der Waals surface area contributed by atoms with Gasteiger partial charge >= 0.3 is 12.3 Å². The summed E-state index contributed by atoms with van der Waals surface area (Å²) in [4.78, 5) is 24.8. The van der Waals surface area contributed by atoms with E-state index in [1.807, 2.05) is 18.2 Å². The summed E-state index contributed by atoms with van der Waals surface area (Å²) in [7, 11) is 0. The lowest BCUT2D eigenvalue weighted by Crippen LogP contribution is -2.13. The number of benzene rings is 4. The van der Waals surface area contributed by atoms with Crippen LogP contribution in [0.5, 0.6) is 23.0 Å². The van der Waals surface area contributed by atoms with Crippen molar-refractivity contribution in [1.29, 1.82) is 0 Å². The van der Waals surface area contributed by atoms with Gasteiger partial charge in [0.2, 0.25) is 0 Å². The molecular weight excluding hydrogens is 448 g/mol. The summed E-state index contributed by atoms with van der Waals surface area (Å²) < 4.78 is 27.5. The van der Waals surface area contributed by atoms with Crippen LogP contribution in [0.1, 0.15) is 0 Å². The van der Waals surface area contributed by atoms with Gasteiger partial charge in [-0.05, 0) is 18.2 Å². The van der Waals surface area contributed by atoms with Crippen molar-refractivity contribution < 1.29 is 33.3 Å². The zero-order chi connectivity index (χ0) is 24.6. The summed E-state index contributed by atoms with van der Waals surface area (Å²) in [5, 5.41) is 1.92. The molecule has 0 aliphatic heterocycles. The van der Waals surface area contributed by atoms with Gasteiger partial charge in [-0.3, -0.25) is 0 Å². The first-order valence-electron chi connectivity index (χ1n) is 10.7. The van der Waals surface area contributed by atoms with Crippen LogP contribution in [0.2, 0.25) is 0 Å². The molecule has 0 spiro atoms. The summed E-state index contributed by atoms with van der Waals surface area (Å²) in [6.07, 6.45) is 1.07. The van der Waals surface area contributed by atoms with E-state index in [0.29, 0.717) is 33.0 Å². The van der Waals surface area contributed by atoms with E-state index in [9.17, 15) is 9.59 Å². The third kappa shape index (κ3) is 5.25. The molecule has 0 bridgehead atoms. The van der Waals surface area contributed by atoms with Crippen molar-refractivity contribution in [2.75, 3.05) is 13.2 Å². The van der Waals surface area contributed by atoms with Gasteiger partial charge in [0.1, 0.15) is 24.7 Å². The summed E-state index contributed by atoms with van der Waals surface area (Å²) in [5.74, 6) is 1.38. The Morgan fingerprint density at radius 1 is 0.657 bits per heavy atom. The zero-order valence-electron chi connectivity index (χ0n) is 18.8. The van der Waals surface area contributed by atoms with Crippen molar-refractivity contribution in [3.8, 4) is 23.0 Å². The molecule has 0 N–H and O–H groups in total. The summed E-state index contributed by atoms with van der Waals surface area (Å²) in [5.41, 5.74) is 0. The lowest BCUT2D eigenvalue weighted by atomic mass is 9.99. The third-order valence-corrected chi connectivity index (χ3v) is 4.89. The highest BCUT2D eigenvalue weighted by Gasteiger charge is 2.23. The van der Waals surface area contributed by atoms with Gasteiger partial charge < -0.3 is 23.7 Å². The normalized spacial score (nSPS) is 10.4. The molecule has 7 heteroatoms. The lowest BCUT2D eigenvalue weighted by molar-refractivity contribution is 0.109. The number of hydrogen-bond donors (Lipinski definition) is 0. The molecule has 4 rings (SSSR count). The van der Waals surface area contributed by atoms with Crippen molar-refractivity contribution in [1.82, 2.24) is 0 Å². The summed E-state index contributed by atoms with van der Waals surface area (Å²) in [6, 6.07) is 21.4. The second-order valence-corrected chi connectivity index (χ2v) is 7.20. The number of rotatable bonds is 8. The summed E-state index contributed by atoms with van der Waals surface area (Å²) >= 11 is 0. The van der Waals surface area contributed by atoms with E-state index < -0.39 is 12.3 Å². The van der Waals surface area contributed by atoms with E-state index in [-0.39, 0.29) is 24.7 Å². The Hall–Kier alpha value is -4.78. The van der Waals surface area contributed by atoms with E-state index in [0.717, 1.165) is 0 Å². The quantitative estimate of drug-likeness (QED) is 0.117. The molecule has 0 aliphatic carbocycles. The molecule has 0 aromatic heterocycles. The van der Waals surface area contributed by atoms with Crippen LogP contribution in [0.3, 0.4) is 0 Å². The number of hydrogen-bond acceptors (Lipinski definition) is 7. The summed E-state index contributed by atoms with van der Waals surface area (Å²) in [6.45, 7) is 7.06. The molecule has 0 heterocycles. The van der Waals surface area contributed by atoms with Crippen molar-refractivity contribution in [3.05, 3.63) is 98.1 Å². The van der Waals surface area contributed by atoms with Crippen molar-refractivity contribution >= 4 is 33.9 Å². The van der Waals surface area contributed by atoms with Gasteiger partial charge in [-0.25, -0.2) is 9.59 Å². The molecule has 176 valence electrons. The maximum atomic E-state index is 12.5. The van der Waals surface area contributed by atoms with Crippen LogP contribution in [0.4, 0.5) is 9.59 Å². The fraction of sp³-hybridized carbons (Fsp3) is 0.0714. The first-order chi connectivity index (χ1) is 17.1. The van der Waals surface area contributed by atoms with Crippen LogP contribution < -0.4 is 14.2 Å². The van der Waals surface area contributed by atoms with Crippen LogP contribution >= 0.6 is 0 Å². The van der Waals surface area contributed by atoms with Crippen molar-refractivity contribution in [2.24, 2.45) is 0 Å². The lowest BCUT2D eigenvalue weighted by Gasteiger charge is -2.18. The van der Waals surface area contributed by atoms with Crippen molar-refractivity contribution in [3.63, 3.8) is 0 Å². The second kappa shape index (κ2) is 10.9. The highest BCUT2D eigenvalue weighted by atomic mass is 16.7. The standard InChI is InChI=1S/C28H22O7/c1-3-17-31-27(29)34-25-20-13-8-9-14-21(20)26(35-28(30)32-18-4-2)24-22(25)15-10-16-23(24)33-19-11-6-5-7-12-19/h3-16H,1-2,17-18H2. The van der Waals surface area contributed by atoms with E-state index in [1.165, 1.54) is 12.2 Å². The topological polar surface area (TPSA) is 80.3 Å². The highest BCUT2D eigenvalue weighted by molar-refractivity contribution is 6.14. The van der Waals surface area contributed by atoms with Gasteiger partial charge in [-0.15, -0.1) is 0 Å². The number of para-hydroxylation sites is 1. The first-order valence-corrected chi connectivity index (χ1v) is 10.7. The largest absolute Gasteiger partial charge is 0.514 e. The molecule has 0 saturated carbocycles. The minimum Gasteiger partial charge on any atom is -0.457 e.